The van der Waals surface area contributed by atoms with Crippen molar-refractivity contribution in [3.8, 4) is 0 Å². The second-order valence-electron chi connectivity index (χ2n) is 6.00. The first-order valence-corrected chi connectivity index (χ1v) is 7.86. The molecule has 2 aromatic carbocycles. The number of fused-ring (bicyclic) bond motifs is 3. The van der Waals surface area contributed by atoms with E-state index >= 15 is 0 Å². The Labute approximate surface area is 116 Å². The lowest BCUT2D eigenvalue weighted by molar-refractivity contribution is 0.525. The molecule has 3 rings (SSSR count). The third-order valence-electron chi connectivity index (χ3n) is 4.70. The van der Waals surface area contributed by atoms with Crippen molar-refractivity contribution in [1.82, 2.24) is 0 Å². The largest absolute Gasteiger partial charge is 0.0654 e. The monoisotopic (exact) mass is 252 g/mol. The first-order chi connectivity index (χ1) is 9.35. The van der Waals surface area contributed by atoms with Crippen molar-refractivity contribution in [2.24, 2.45) is 0 Å². The van der Waals surface area contributed by atoms with Crippen LogP contribution in [-0.2, 0) is 0 Å². The Kier molecular flexibility index (Phi) is 3.59. The van der Waals surface area contributed by atoms with E-state index in [1.54, 1.807) is 11.1 Å². The van der Waals surface area contributed by atoms with Crippen molar-refractivity contribution in [2.75, 3.05) is 0 Å². The molecule has 0 heteroatoms. The molecule has 100 valence electrons. The standard InChI is InChI=1S/C19H24/c1-3-7-15-13-16(8-4-2)19-17-10-6-5-9-14(17)11-12-18(15)19/h5-6,9-12,15-16H,3-4,7-8,13H2,1-2H3/t15-,16?/m1/s1. The first-order valence-electron chi connectivity index (χ1n) is 7.86. The molecule has 0 radical (unpaired) electrons. The molecule has 0 saturated carbocycles. The highest BCUT2D eigenvalue weighted by molar-refractivity contribution is 5.88. The van der Waals surface area contributed by atoms with Crippen LogP contribution in [0.1, 0.15) is 68.9 Å². The fraction of sp³-hybridized carbons (Fsp3) is 0.474. The number of hydrogen-bond acceptors (Lipinski definition) is 0. The highest BCUT2D eigenvalue weighted by atomic mass is 14.3. The summed E-state index contributed by atoms with van der Waals surface area (Å²) in [5.74, 6) is 1.60. The molecule has 0 bridgehead atoms. The van der Waals surface area contributed by atoms with Gasteiger partial charge in [0.25, 0.3) is 0 Å². The summed E-state index contributed by atoms with van der Waals surface area (Å²) in [6, 6.07) is 13.7. The van der Waals surface area contributed by atoms with Gasteiger partial charge in [-0.25, -0.2) is 0 Å². The molecule has 0 saturated heterocycles. The topological polar surface area (TPSA) is 0 Å². The summed E-state index contributed by atoms with van der Waals surface area (Å²) in [5.41, 5.74) is 3.33. The highest BCUT2D eigenvalue weighted by Gasteiger charge is 2.30. The molecular formula is C19H24. The van der Waals surface area contributed by atoms with Gasteiger partial charge in [-0.3, -0.25) is 0 Å². The van der Waals surface area contributed by atoms with Crippen LogP contribution in [0, 0.1) is 0 Å². The van der Waals surface area contributed by atoms with Crippen LogP contribution in [0.4, 0.5) is 0 Å². The van der Waals surface area contributed by atoms with Gasteiger partial charge < -0.3 is 0 Å². The first kappa shape index (κ1) is 12.7. The Hall–Kier alpha value is -1.30. The second kappa shape index (κ2) is 5.36. The summed E-state index contributed by atoms with van der Waals surface area (Å²) in [7, 11) is 0. The zero-order valence-corrected chi connectivity index (χ0v) is 12.2. The van der Waals surface area contributed by atoms with Crippen molar-refractivity contribution in [3.05, 3.63) is 47.5 Å². The number of rotatable bonds is 4. The van der Waals surface area contributed by atoms with Crippen LogP contribution < -0.4 is 0 Å². The van der Waals surface area contributed by atoms with Gasteiger partial charge in [-0.15, -0.1) is 0 Å². The van der Waals surface area contributed by atoms with Gasteiger partial charge >= 0.3 is 0 Å². The van der Waals surface area contributed by atoms with Crippen LogP contribution >= 0.6 is 0 Å². The highest BCUT2D eigenvalue weighted by Crippen LogP contribution is 2.48. The molecular weight excluding hydrogens is 228 g/mol. The molecule has 0 N–H and O–H groups in total. The lowest BCUT2D eigenvalue weighted by Crippen LogP contribution is -1.94. The van der Waals surface area contributed by atoms with E-state index in [2.05, 4.69) is 50.2 Å². The molecule has 0 spiro atoms. The van der Waals surface area contributed by atoms with E-state index in [9.17, 15) is 0 Å². The Bertz CT molecular complexity index is 567. The Morgan fingerprint density at radius 1 is 0.895 bits per heavy atom. The molecule has 0 nitrogen and oxygen atoms in total. The van der Waals surface area contributed by atoms with Gasteiger partial charge in [0.2, 0.25) is 0 Å². The van der Waals surface area contributed by atoms with Crippen LogP contribution in [-0.4, -0.2) is 0 Å². The van der Waals surface area contributed by atoms with Crippen LogP contribution in [0.15, 0.2) is 36.4 Å². The minimum Gasteiger partial charge on any atom is -0.0654 e. The Morgan fingerprint density at radius 2 is 1.63 bits per heavy atom. The van der Waals surface area contributed by atoms with Crippen molar-refractivity contribution in [1.29, 1.82) is 0 Å². The maximum atomic E-state index is 2.41. The normalized spacial score (nSPS) is 21.8. The average molecular weight is 252 g/mol. The van der Waals surface area contributed by atoms with Crippen molar-refractivity contribution < 1.29 is 0 Å². The van der Waals surface area contributed by atoms with E-state index < -0.39 is 0 Å². The third-order valence-corrected chi connectivity index (χ3v) is 4.70. The Balaban J connectivity index is 2.14. The summed E-state index contributed by atoms with van der Waals surface area (Å²) in [4.78, 5) is 0. The SMILES string of the molecule is CCCC1C[C@@H](CCC)c2ccc3ccccc3c21. The van der Waals surface area contributed by atoms with Crippen LogP contribution in [0.2, 0.25) is 0 Å². The van der Waals surface area contributed by atoms with Gasteiger partial charge in [-0.05, 0) is 53.0 Å². The van der Waals surface area contributed by atoms with Gasteiger partial charge in [0.05, 0.1) is 0 Å². The minimum absolute atomic E-state index is 0.794. The molecule has 1 unspecified atom stereocenters. The quantitative estimate of drug-likeness (QED) is 0.625. The summed E-state index contributed by atoms with van der Waals surface area (Å²) < 4.78 is 0. The predicted molar refractivity (Wildman–Crippen MR) is 83.9 cm³/mol. The molecule has 2 aromatic rings. The molecule has 1 aliphatic rings. The van der Waals surface area contributed by atoms with Gasteiger partial charge in [-0.1, -0.05) is 63.1 Å². The van der Waals surface area contributed by atoms with Crippen LogP contribution in [0.25, 0.3) is 10.8 Å². The van der Waals surface area contributed by atoms with Crippen LogP contribution in [0.5, 0.6) is 0 Å². The van der Waals surface area contributed by atoms with Gasteiger partial charge in [0.15, 0.2) is 0 Å². The average Bonchev–Trinajstić information content (AvgIpc) is 2.78. The fourth-order valence-electron chi connectivity index (χ4n) is 3.94. The van der Waals surface area contributed by atoms with Gasteiger partial charge in [0.1, 0.15) is 0 Å². The number of benzene rings is 2. The maximum Gasteiger partial charge on any atom is -0.0146 e. The van der Waals surface area contributed by atoms with E-state index in [0.29, 0.717) is 0 Å². The van der Waals surface area contributed by atoms with E-state index in [1.165, 1.54) is 42.9 Å². The third kappa shape index (κ3) is 2.18. The smallest absolute Gasteiger partial charge is 0.0146 e. The lowest BCUT2D eigenvalue weighted by atomic mass is 9.92. The predicted octanol–water partition coefficient (Wildman–Crippen LogP) is 6.01. The van der Waals surface area contributed by atoms with Crippen LogP contribution in [0.3, 0.4) is 0 Å². The molecule has 0 amide bonds. The molecule has 1 aliphatic carbocycles. The summed E-state index contributed by atoms with van der Waals surface area (Å²) in [6.07, 6.45) is 6.68. The van der Waals surface area contributed by atoms with Crippen molar-refractivity contribution >= 4 is 10.8 Å². The molecule has 2 atom stereocenters. The van der Waals surface area contributed by atoms with E-state index in [-0.39, 0.29) is 0 Å². The fourth-order valence-corrected chi connectivity index (χ4v) is 3.94. The molecule has 0 aliphatic heterocycles. The second-order valence-corrected chi connectivity index (χ2v) is 6.00. The van der Waals surface area contributed by atoms with Gasteiger partial charge in [-0.2, -0.15) is 0 Å². The Morgan fingerprint density at radius 3 is 2.42 bits per heavy atom. The molecule has 0 aromatic heterocycles. The summed E-state index contributed by atoms with van der Waals surface area (Å²) in [6.45, 7) is 4.63. The molecule has 0 fully saturated rings. The molecule has 0 heterocycles. The van der Waals surface area contributed by atoms with E-state index in [0.717, 1.165) is 11.8 Å². The van der Waals surface area contributed by atoms with E-state index in [4.69, 9.17) is 0 Å². The van der Waals surface area contributed by atoms with Gasteiger partial charge in [0, 0.05) is 0 Å². The lowest BCUT2D eigenvalue weighted by Gasteiger charge is -2.13. The van der Waals surface area contributed by atoms with Crippen molar-refractivity contribution in [3.63, 3.8) is 0 Å². The zero-order valence-electron chi connectivity index (χ0n) is 12.2. The molecule has 19 heavy (non-hydrogen) atoms. The number of hydrogen-bond donors (Lipinski definition) is 0. The summed E-state index contributed by atoms with van der Waals surface area (Å²) in [5, 5.41) is 2.93. The summed E-state index contributed by atoms with van der Waals surface area (Å²) >= 11 is 0. The maximum absolute atomic E-state index is 2.41. The minimum atomic E-state index is 0.794. The van der Waals surface area contributed by atoms with Crippen molar-refractivity contribution in [2.45, 2.75) is 57.8 Å². The van der Waals surface area contributed by atoms with E-state index in [1.807, 2.05) is 0 Å². The zero-order chi connectivity index (χ0) is 13.2.